The van der Waals surface area contributed by atoms with Crippen LogP contribution in [0.5, 0.6) is 0 Å². The number of aliphatic hydroxyl groups is 2. The van der Waals surface area contributed by atoms with Crippen molar-refractivity contribution >= 4 is 6.09 Å². The second-order valence-corrected chi connectivity index (χ2v) is 7.56. The van der Waals surface area contributed by atoms with Gasteiger partial charge in [0.25, 0.3) is 0 Å². The number of rotatable bonds is 6. The number of carbonyl (C=O) groups is 1. The quantitative estimate of drug-likeness (QED) is 0.584. The maximum atomic E-state index is 12.2. The van der Waals surface area contributed by atoms with Crippen molar-refractivity contribution in [1.82, 2.24) is 15.1 Å². The molecule has 1 aliphatic rings. The molecular formula is C23H25N3O4. The largest absolute Gasteiger partial charge is 0.449 e. The summed E-state index contributed by atoms with van der Waals surface area (Å²) in [7, 11) is 1.74. The summed E-state index contributed by atoms with van der Waals surface area (Å²) in [6, 6.07) is 16.2. The normalized spacial score (nSPS) is 14.7. The highest BCUT2D eigenvalue weighted by Crippen LogP contribution is 2.44. The Kier molecular flexibility index (Phi) is 5.57. The molecule has 0 spiro atoms. The van der Waals surface area contributed by atoms with Crippen molar-refractivity contribution in [1.29, 1.82) is 0 Å². The van der Waals surface area contributed by atoms with Crippen molar-refractivity contribution in [2.75, 3.05) is 13.2 Å². The van der Waals surface area contributed by atoms with Gasteiger partial charge in [-0.05, 0) is 29.2 Å². The molecule has 0 radical (unpaired) electrons. The van der Waals surface area contributed by atoms with E-state index in [2.05, 4.69) is 34.7 Å². The number of hydrogen-bond acceptors (Lipinski definition) is 5. The first-order valence-electron chi connectivity index (χ1n) is 9.91. The van der Waals surface area contributed by atoms with Crippen molar-refractivity contribution in [3.05, 3.63) is 77.1 Å². The second-order valence-electron chi connectivity index (χ2n) is 7.56. The SMILES string of the molecule is Cc1nn(C)cc1C(O)C(O)CNC(=O)OCC1c2ccccc2-c2ccccc21. The number of ether oxygens (including phenoxy) is 1. The highest BCUT2D eigenvalue weighted by atomic mass is 16.5. The van der Waals surface area contributed by atoms with Gasteiger partial charge in [0.15, 0.2) is 0 Å². The van der Waals surface area contributed by atoms with Gasteiger partial charge in [-0.3, -0.25) is 4.68 Å². The van der Waals surface area contributed by atoms with Gasteiger partial charge in [-0.2, -0.15) is 5.10 Å². The third-order valence-corrected chi connectivity index (χ3v) is 5.53. The molecule has 156 valence electrons. The molecule has 7 nitrogen and oxygen atoms in total. The van der Waals surface area contributed by atoms with Gasteiger partial charge in [0.05, 0.1) is 5.69 Å². The molecule has 1 heterocycles. The number of aromatic nitrogens is 2. The number of hydrogen-bond donors (Lipinski definition) is 3. The van der Waals surface area contributed by atoms with Crippen LogP contribution in [0, 0.1) is 6.92 Å². The molecule has 2 atom stereocenters. The predicted octanol–water partition coefficient (Wildman–Crippen LogP) is 2.66. The number of fused-ring (bicyclic) bond motifs is 3. The molecule has 0 saturated carbocycles. The third-order valence-electron chi connectivity index (χ3n) is 5.53. The Morgan fingerprint density at radius 1 is 1.13 bits per heavy atom. The molecule has 30 heavy (non-hydrogen) atoms. The second kappa shape index (κ2) is 8.30. The van der Waals surface area contributed by atoms with Crippen molar-refractivity contribution in [3.63, 3.8) is 0 Å². The van der Waals surface area contributed by atoms with E-state index >= 15 is 0 Å². The van der Waals surface area contributed by atoms with Crippen LogP contribution in [0.1, 0.15) is 34.4 Å². The number of aliphatic hydroxyl groups excluding tert-OH is 2. The lowest BCUT2D eigenvalue weighted by molar-refractivity contribution is 0.0181. The zero-order valence-electron chi connectivity index (χ0n) is 16.9. The lowest BCUT2D eigenvalue weighted by atomic mass is 9.98. The van der Waals surface area contributed by atoms with Crippen molar-refractivity contribution in [3.8, 4) is 11.1 Å². The molecule has 0 fully saturated rings. The number of aryl methyl sites for hydroxylation is 2. The van der Waals surface area contributed by atoms with E-state index in [1.165, 1.54) is 0 Å². The summed E-state index contributed by atoms with van der Waals surface area (Å²) in [6.07, 6.45) is -1.30. The first kappa shape index (κ1) is 20.1. The van der Waals surface area contributed by atoms with Gasteiger partial charge in [0.1, 0.15) is 18.8 Å². The smallest absolute Gasteiger partial charge is 0.407 e. The summed E-state index contributed by atoms with van der Waals surface area (Å²) in [5.41, 5.74) is 5.74. The van der Waals surface area contributed by atoms with Crippen LogP contribution in [0.15, 0.2) is 54.7 Å². The molecule has 4 rings (SSSR count). The Hall–Kier alpha value is -3.16. The number of benzene rings is 2. The van der Waals surface area contributed by atoms with E-state index in [9.17, 15) is 15.0 Å². The van der Waals surface area contributed by atoms with Gasteiger partial charge in [-0.25, -0.2) is 4.79 Å². The lowest BCUT2D eigenvalue weighted by Gasteiger charge is -2.19. The molecular weight excluding hydrogens is 382 g/mol. The van der Waals surface area contributed by atoms with E-state index in [4.69, 9.17) is 4.74 Å². The Labute approximate surface area is 174 Å². The Balaban J connectivity index is 1.35. The zero-order valence-corrected chi connectivity index (χ0v) is 16.9. The van der Waals surface area contributed by atoms with E-state index in [1.807, 2.05) is 24.3 Å². The van der Waals surface area contributed by atoms with Crippen LogP contribution >= 0.6 is 0 Å². The highest BCUT2D eigenvalue weighted by molar-refractivity contribution is 5.79. The fourth-order valence-corrected chi connectivity index (χ4v) is 4.06. The molecule has 2 unspecified atom stereocenters. The van der Waals surface area contributed by atoms with Gasteiger partial charge in [-0.1, -0.05) is 48.5 Å². The molecule has 3 aromatic rings. The minimum absolute atomic E-state index is 0.0308. The van der Waals surface area contributed by atoms with Gasteiger partial charge in [-0.15, -0.1) is 0 Å². The number of carbonyl (C=O) groups excluding carboxylic acids is 1. The minimum Gasteiger partial charge on any atom is -0.449 e. The zero-order chi connectivity index (χ0) is 21.3. The van der Waals surface area contributed by atoms with Crippen LogP contribution in [-0.2, 0) is 11.8 Å². The van der Waals surface area contributed by atoms with Crippen LogP contribution in [0.2, 0.25) is 0 Å². The molecule has 0 saturated heterocycles. The van der Waals surface area contributed by atoms with Gasteiger partial charge >= 0.3 is 6.09 Å². The summed E-state index contributed by atoms with van der Waals surface area (Å²) in [5, 5.41) is 27.2. The van der Waals surface area contributed by atoms with E-state index in [0.717, 1.165) is 22.3 Å². The first-order chi connectivity index (χ1) is 14.5. The highest BCUT2D eigenvalue weighted by Gasteiger charge is 2.29. The molecule has 3 N–H and O–H groups in total. The number of nitrogens with zero attached hydrogens (tertiary/aromatic N) is 2. The molecule has 2 aromatic carbocycles. The lowest BCUT2D eigenvalue weighted by Crippen LogP contribution is -2.36. The Morgan fingerprint density at radius 2 is 1.73 bits per heavy atom. The number of nitrogens with one attached hydrogen (secondary N) is 1. The molecule has 1 amide bonds. The monoisotopic (exact) mass is 407 g/mol. The summed E-state index contributed by atoms with van der Waals surface area (Å²) < 4.78 is 7.01. The van der Waals surface area contributed by atoms with Gasteiger partial charge in [0, 0.05) is 31.3 Å². The molecule has 0 aliphatic heterocycles. The Bertz CT molecular complexity index is 1020. The minimum atomic E-state index is -1.17. The standard InChI is InChI=1S/C23H25N3O4/c1-14-19(12-26(2)25-14)22(28)21(27)11-24-23(29)30-13-20-17-9-5-3-7-15(17)16-8-4-6-10-18(16)20/h3-10,12,20-22,27-28H,11,13H2,1-2H3,(H,24,29). The Morgan fingerprint density at radius 3 is 2.30 bits per heavy atom. The maximum absolute atomic E-state index is 12.2. The average molecular weight is 407 g/mol. The van der Waals surface area contributed by atoms with E-state index < -0.39 is 18.3 Å². The van der Waals surface area contributed by atoms with Gasteiger partial charge in [0.2, 0.25) is 0 Å². The first-order valence-corrected chi connectivity index (χ1v) is 9.91. The molecule has 1 aliphatic carbocycles. The van der Waals surface area contributed by atoms with Crippen LogP contribution in [-0.4, -0.2) is 45.3 Å². The van der Waals surface area contributed by atoms with E-state index in [1.54, 1.807) is 24.9 Å². The van der Waals surface area contributed by atoms with E-state index in [-0.39, 0.29) is 19.1 Å². The van der Waals surface area contributed by atoms with E-state index in [0.29, 0.717) is 11.3 Å². The van der Waals surface area contributed by atoms with Crippen LogP contribution in [0.25, 0.3) is 11.1 Å². The third kappa shape index (κ3) is 3.81. The fraction of sp³-hybridized carbons (Fsp3) is 0.304. The van der Waals surface area contributed by atoms with Crippen LogP contribution < -0.4 is 5.32 Å². The summed E-state index contributed by atoms with van der Waals surface area (Å²) >= 11 is 0. The number of amides is 1. The average Bonchev–Trinajstić information content (AvgIpc) is 3.26. The molecule has 1 aromatic heterocycles. The predicted molar refractivity (Wildman–Crippen MR) is 112 cm³/mol. The topological polar surface area (TPSA) is 96.6 Å². The van der Waals surface area contributed by atoms with Crippen LogP contribution in [0.4, 0.5) is 4.79 Å². The summed E-state index contributed by atoms with van der Waals surface area (Å²) in [4.78, 5) is 12.2. The van der Waals surface area contributed by atoms with Crippen molar-refractivity contribution in [2.24, 2.45) is 7.05 Å². The maximum Gasteiger partial charge on any atom is 0.407 e. The van der Waals surface area contributed by atoms with Crippen LogP contribution in [0.3, 0.4) is 0 Å². The van der Waals surface area contributed by atoms with Crippen molar-refractivity contribution < 1.29 is 19.7 Å². The molecule has 7 heteroatoms. The fourth-order valence-electron chi connectivity index (χ4n) is 4.06. The summed E-state index contributed by atoms with van der Waals surface area (Å²) in [5.74, 6) is -0.0308. The summed E-state index contributed by atoms with van der Waals surface area (Å²) in [6.45, 7) is 1.82. The number of alkyl carbamates (subject to hydrolysis) is 1. The molecule has 0 bridgehead atoms. The van der Waals surface area contributed by atoms with Crippen molar-refractivity contribution in [2.45, 2.75) is 25.0 Å². The van der Waals surface area contributed by atoms with Gasteiger partial charge < -0.3 is 20.3 Å².